The van der Waals surface area contributed by atoms with Crippen LogP contribution < -0.4 is 4.74 Å². The van der Waals surface area contributed by atoms with Crippen molar-refractivity contribution >= 4 is 38.8 Å². The fourth-order valence-corrected chi connectivity index (χ4v) is 6.81. The second-order valence-electron chi connectivity index (χ2n) is 7.50. The van der Waals surface area contributed by atoms with Gasteiger partial charge in [-0.15, -0.1) is 16.4 Å². The van der Waals surface area contributed by atoms with E-state index >= 15 is 0 Å². The number of sulfone groups is 1. The molecule has 1 unspecified atom stereocenters. The minimum atomic E-state index is -3.11. The first-order valence-corrected chi connectivity index (χ1v) is 13.6. The summed E-state index contributed by atoms with van der Waals surface area (Å²) < 4.78 is 31.0. The molecule has 1 amide bonds. The molecule has 1 saturated heterocycles. The zero-order valence-corrected chi connectivity index (χ0v) is 20.1. The second kappa shape index (κ2) is 9.59. The van der Waals surface area contributed by atoms with Gasteiger partial charge in [0.25, 0.3) is 0 Å². The van der Waals surface area contributed by atoms with Gasteiger partial charge in [-0.1, -0.05) is 23.9 Å². The number of benzene rings is 1. The molecule has 4 rings (SSSR count). The van der Waals surface area contributed by atoms with Gasteiger partial charge in [0.15, 0.2) is 9.84 Å². The summed E-state index contributed by atoms with van der Waals surface area (Å²) in [6.45, 7) is 2.36. The zero-order chi connectivity index (χ0) is 22.7. The Labute approximate surface area is 194 Å². The van der Waals surface area contributed by atoms with Gasteiger partial charge in [0.1, 0.15) is 11.4 Å². The lowest BCUT2D eigenvalue weighted by atomic mass is 10.2. The number of tetrazole rings is 1. The molecular weight excluding hydrogens is 470 g/mol. The molecule has 1 aliphatic heterocycles. The van der Waals surface area contributed by atoms with Crippen molar-refractivity contribution in [1.29, 1.82) is 0 Å². The molecule has 1 atom stereocenters. The van der Waals surface area contributed by atoms with E-state index in [0.29, 0.717) is 29.6 Å². The first-order valence-electron chi connectivity index (χ1n) is 9.95. The Hall–Kier alpha value is -2.44. The van der Waals surface area contributed by atoms with Crippen molar-refractivity contribution in [2.45, 2.75) is 31.1 Å². The Morgan fingerprint density at radius 2 is 2.22 bits per heavy atom. The van der Waals surface area contributed by atoms with Gasteiger partial charge >= 0.3 is 0 Å². The van der Waals surface area contributed by atoms with Gasteiger partial charge in [0.05, 0.1) is 30.9 Å². The average Bonchev–Trinajstić information content (AvgIpc) is 3.51. The Morgan fingerprint density at radius 1 is 1.38 bits per heavy atom. The lowest BCUT2D eigenvalue weighted by Gasteiger charge is -2.27. The molecule has 0 spiro atoms. The van der Waals surface area contributed by atoms with Crippen molar-refractivity contribution in [3.8, 4) is 11.4 Å². The van der Waals surface area contributed by atoms with E-state index in [0.717, 1.165) is 10.4 Å². The van der Waals surface area contributed by atoms with Crippen LogP contribution in [0.5, 0.6) is 5.75 Å². The Morgan fingerprint density at radius 3 is 2.91 bits per heavy atom. The fraction of sp³-hybridized carbons (Fsp3) is 0.400. The number of ether oxygens (including phenoxy) is 1. The van der Waals surface area contributed by atoms with Crippen LogP contribution in [0.1, 0.15) is 16.9 Å². The summed E-state index contributed by atoms with van der Waals surface area (Å²) in [5.74, 6) is 0.691. The number of aryl methyl sites for hydroxylation is 1. The van der Waals surface area contributed by atoms with Crippen molar-refractivity contribution in [1.82, 2.24) is 25.1 Å². The SMILES string of the molecule is COc1ccc(C)cc1-n1nnnc1SCC(=O)N(Cc1cccs1)C1CCS(=O)(=O)C1. The maximum atomic E-state index is 13.2. The van der Waals surface area contributed by atoms with Crippen LogP contribution in [0, 0.1) is 6.92 Å². The van der Waals surface area contributed by atoms with Gasteiger partial charge in [0.2, 0.25) is 11.1 Å². The summed E-state index contributed by atoms with van der Waals surface area (Å²) in [4.78, 5) is 15.9. The summed E-state index contributed by atoms with van der Waals surface area (Å²) >= 11 is 2.76. The average molecular weight is 494 g/mol. The number of thioether (sulfide) groups is 1. The van der Waals surface area contributed by atoms with Crippen molar-refractivity contribution in [2.75, 3.05) is 24.4 Å². The summed E-state index contributed by atoms with van der Waals surface area (Å²) in [6.07, 6.45) is 0.461. The predicted molar refractivity (Wildman–Crippen MR) is 123 cm³/mol. The van der Waals surface area contributed by atoms with Crippen LogP contribution >= 0.6 is 23.1 Å². The highest BCUT2D eigenvalue weighted by Crippen LogP contribution is 2.28. The van der Waals surface area contributed by atoms with Crippen LogP contribution in [0.15, 0.2) is 40.9 Å². The van der Waals surface area contributed by atoms with E-state index in [2.05, 4.69) is 15.5 Å². The molecule has 9 nitrogen and oxygen atoms in total. The first kappa shape index (κ1) is 22.7. The molecule has 0 radical (unpaired) electrons. The molecule has 0 bridgehead atoms. The monoisotopic (exact) mass is 493 g/mol. The van der Waals surface area contributed by atoms with Crippen molar-refractivity contribution in [2.24, 2.45) is 0 Å². The van der Waals surface area contributed by atoms with E-state index < -0.39 is 9.84 Å². The molecule has 12 heteroatoms. The Balaban J connectivity index is 1.52. The smallest absolute Gasteiger partial charge is 0.233 e. The highest BCUT2D eigenvalue weighted by Gasteiger charge is 2.35. The van der Waals surface area contributed by atoms with E-state index in [1.807, 2.05) is 42.6 Å². The highest BCUT2D eigenvalue weighted by molar-refractivity contribution is 7.99. The topological polar surface area (TPSA) is 107 Å². The van der Waals surface area contributed by atoms with Gasteiger partial charge < -0.3 is 9.64 Å². The van der Waals surface area contributed by atoms with Crippen LogP contribution in [0.4, 0.5) is 0 Å². The summed E-state index contributed by atoms with van der Waals surface area (Å²) in [6, 6.07) is 9.24. The summed E-state index contributed by atoms with van der Waals surface area (Å²) in [5, 5.41) is 14.3. The normalized spacial score (nSPS) is 17.4. The summed E-state index contributed by atoms with van der Waals surface area (Å²) in [7, 11) is -1.54. The molecule has 0 N–H and O–H groups in total. The number of hydrogen-bond donors (Lipinski definition) is 0. The minimum absolute atomic E-state index is 0.00696. The third-order valence-electron chi connectivity index (χ3n) is 5.20. The highest BCUT2D eigenvalue weighted by atomic mass is 32.2. The number of rotatable bonds is 8. The lowest BCUT2D eigenvalue weighted by molar-refractivity contribution is -0.130. The molecule has 3 aromatic rings. The van der Waals surface area contributed by atoms with Gasteiger partial charge in [-0.3, -0.25) is 4.79 Å². The number of carbonyl (C=O) groups excluding carboxylic acids is 1. The molecule has 3 heterocycles. The zero-order valence-electron chi connectivity index (χ0n) is 17.7. The van der Waals surface area contributed by atoms with Crippen LogP contribution in [0.25, 0.3) is 5.69 Å². The largest absolute Gasteiger partial charge is 0.494 e. The van der Waals surface area contributed by atoms with Gasteiger partial charge in [-0.05, 0) is 52.9 Å². The van der Waals surface area contributed by atoms with Gasteiger partial charge in [0, 0.05) is 10.9 Å². The van der Waals surface area contributed by atoms with E-state index in [1.165, 1.54) is 11.8 Å². The van der Waals surface area contributed by atoms with Gasteiger partial charge in [-0.2, -0.15) is 4.68 Å². The number of thiophene rings is 1. The molecule has 1 aliphatic rings. The van der Waals surface area contributed by atoms with Crippen molar-refractivity contribution < 1.29 is 17.9 Å². The lowest BCUT2D eigenvalue weighted by Crippen LogP contribution is -2.41. The fourth-order valence-electron chi connectivity index (χ4n) is 3.61. The van der Waals surface area contributed by atoms with E-state index in [4.69, 9.17) is 4.74 Å². The molecule has 1 fully saturated rings. The quantitative estimate of drug-likeness (QED) is 0.440. The Kier molecular flexibility index (Phi) is 6.82. The van der Waals surface area contributed by atoms with Crippen LogP contribution in [-0.4, -0.2) is 69.8 Å². The number of amides is 1. The molecule has 0 saturated carbocycles. The molecule has 170 valence electrons. The molecule has 0 aliphatic carbocycles. The first-order chi connectivity index (χ1) is 15.4. The predicted octanol–water partition coefficient (Wildman–Crippen LogP) is 2.35. The number of nitrogens with zero attached hydrogens (tertiary/aromatic N) is 5. The summed E-state index contributed by atoms with van der Waals surface area (Å²) in [5.41, 5.74) is 1.71. The second-order valence-corrected chi connectivity index (χ2v) is 11.7. The van der Waals surface area contributed by atoms with E-state index in [-0.39, 0.29) is 29.2 Å². The molecule has 1 aromatic carbocycles. The standard InChI is InChI=1S/C20H23N5O4S3/c1-14-5-6-18(29-2)17(10-14)25-20(21-22-23-25)31-12-19(26)24(11-16-4-3-8-30-16)15-7-9-32(27,28)13-15/h3-6,8,10,15H,7,9,11-13H2,1-2H3. The van der Waals surface area contributed by atoms with Crippen molar-refractivity contribution in [3.63, 3.8) is 0 Å². The maximum Gasteiger partial charge on any atom is 0.233 e. The van der Waals surface area contributed by atoms with Crippen LogP contribution in [-0.2, 0) is 21.2 Å². The van der Waals surface area contributed by atoms with E-state index in [1.54, 1.807) is 28.0 Å². The molecule has 2 aromatic heterocycles. The number of carbonyl (C=O) groups is 1. The maximum absolute atomic E-state index is 13.2. The van der Waals surface area contributed by atoms with Gasteiger partial charge in [-0.25, -0.2) is 8.42 Å². The number of hydrogen-bond acceptors (Lipinski definition) is 9. The Bertz CT molecular complexity index is 1190. The number of aromatic nitrogens is 4. The minimum Gasteiger partial charge on any atom is -0.494 e. The third kappa shape index (κ3) is 5.13. The van der Waals surface area contributed by atoms with Crippen molar-refractivity contribution in [3.05, 3.63) is 46.2 Å². The molecular formula is C20H23N5O4S3. The third-order valence-corrected chi connectivity index (χ3v) is 8.72. The number of methoxy groups -OCH3 is 1. The molecule has 32 heavy (non-hydrogen) atoms. The van der Waals surface area contributed by atoms with E-state index in [9.17, 15) is 13.2 Å². The van der Waals surface area contributed by atoms with Crippen LogP contribution in [0.2, 0.25) is 0 Å². The van der Waals surface area contributed by atoms with Crippen LogP contribution in [0.3, 0.4) is 0 Å².